The summed E-state index contributed by atoms with van der Waals surface area (Å²) in [5.74, 6) is -0.283. The highest BCUT2D eigenvalue weighted by Gasteiger charge is 2.20. The third kappa shape index (κ3) is 11.7. The third-order valence-corrected chi connectivity index (χ3v) is 9.64. The molecule has 2 aromatic heterocycles. The highest BCUT2D eigenvalue weighted by Crippen LogP contribution is 2.24. The molecule has 0 unspecified atom stereocenters. The lowest BCUT2D eigenvalue weighted by atomic mass is 10.0. The molecule has 6 rings (SSSR count). The summed E-state index contributed by atoms with van der Waals surface area (Å²) in [6, 6.07) is 29.2. The van der Waals surface area contributed by atoms with Crippen LogP contribution in [-0.2, 0) is 25.9 Å². The van der Waals surface area contributed by atoms with Crippen LogP contribution in [0.1, 0.15) is 93.9 Å². The van der Waals surface area contributed by atoms with E-state index < -0.39 is 0 Å². The number of hydrogen-bond donors (Lipinski definition) is 2. The maximum absolute atomic E-state index is 13.1. The number of halogens is 3. The highest BCUT2D eigenvalue weighted by atomic mass is 35.5. The van der Waals surface area contributed by atoms with Crippen molar-refractivity contribution in [2.45, 2.75) is 67.0 Å². The van der Waals surface area contributed by atoms with Crippen molar-refractivity contribution in [2.75, 3.05) is 0 Å². The van der Waals surface area contributed by atoms with Crippen LogP contribution >= 0.6 is 23.2 Å². The van der Waals surface area contributed by atoms with Gasteiger partial charge >= 0.3 is 0 Å². The monoisotopic (exact) mass is 778 g/mol. The fourth-order valence-corrected chi connectivity index (χ4v) is 6.30. The lowest BCUT2D eigenvalue weighted by Gasteiger charge is -2.05. The molecule has 2 heterocycles. The van der Waals surface area contributed by atoms with Crippen molar-refractivity contribution in [1.29, 1.82) is 10.8 Å². The second-order valence-corrected chi connectivity index (χ2v) is 13.8. The minimum atomic E-state index is -0.300. The van der Waals surface area contributed by atoms with Gasteiger partial charge in [-0.25, -0.2) is 9.07 Å². The summed E-state index contributed by atoms with van der Waals surface area (Å²) in [5.41, 5.74) is 8.42. The molecule has 0 spiro atoms. The number of ketones is 2. The van der Waals surface area contributed by atoms with Crippen molar-refractivity contribution in [3.63, 3.8) is 0 Å². The second kappa shape index (κ2) is 19.7. The molecule has 0 aliphatic rings. The normalized spacial score (nSPS) is 10.6. The number of hydrogen-bond acceptors (Lipinski definition) is 6. The Morgan fingerprint density at radius 1 is 0.709 bits per heavy atom. The molecule has 4 aromatic carbocycles. The number of aromatic nitrogens is 4. The molecule has 0 bridgehead atoms. The van der Waals surface area contributed by atoms with E-state index in [1.165, 1.54) is 12.1 Å². The molecule has 0 fully saturated rings. The maximum atomic E-state index is 13.1. The van der Waals surface area contributed by atoms with Crippen LogP contribution < -0.4 is 0 Å². The average molecular weight is 780 g/mol. The van der Waals surface area contributed by atoms with Gasteiger partial charge in [-0.15, -0.1) is 0 Å². The van der Waals surface area contributed by atoms with Crippen LogP contribution in [0.3, 0.4) is 0 Å². The first-order valence-corrected chi connectivity index (χ1v) is 18.2. The van der Waals surface area contributed by atoms with E-state index in [4.69, 9.17) is 34.0 Å². The quantitative estimate of drug-likeness (QED) is 0.0845. The molecule has 11 heteroatoms. The molecule has 0 saturated heterocycles. The van der Waals surface area contributed by atoms with E-state index >= 15 is 0 Å². The zero-order valence-electron chi connectivity index (χ0n) is 30.4. The smallest absolute Gasteiger partial charge is 0.168 e. The van der Waals surface area contributed by atoms with Crippen LogP contribution in [0.2, 0.25) is 10.2 Å². The van der Waals surface area contributed by atoms with Gasteiger partial charge in [-0.05, 0) is 85.2 Å². The van der Waals surface area contributed by atoms with E-state index in [0.29, 0.717) is 77.2 Å². The SMILES string of the molecule is C.CC(=N)c1ccc(CCC(=O)c2c(C)nn(Cc3ccc(F)cc3)c2Cl)cc1.CC(=N)c1ccc(CCC(=O)c2cnn(Cc3ccccc3Cl)c2)cc1. The van der Waals surface area contributed by atoms with Gasteiger partial charge in [0.15, 0.2) is 11.6 Å². The molecule has 0 amide bonds. The summed E-state index contributed by atoms with van der Waals surface area (Å²) in [7, 11) is 0. The van der Waals surface area contributed by atoms with E-state index in [1.54, 1.807) is 54.7 Å². The highest BCUT2D eigenvalue weighted by molar-refractivity contribution is 6.33. The van der Waals surface area contributed by atoms with Crippen LogP contribution in [0.25, 0.3) is 0 Å². The average Bonchev–Trinajstić information content (AvgIpc) is 3.74. The van der Waals surface area contributed by atoms with Crippen LogP contribution in [0.5, 0.6) is 0 Å². The first-order valence-electron chi connectivity index (χ1n) is 17.5. The number of carbonyl (C=O) groups is 2. The fourth-order valence-electron chi connectivity index (χ4n) is 5.76. The largest absolute Gasteiger partial charge is 0.305 e. The Morgan fingerprint density at radius 2 is 1.24 bits per heavy atom. The Labute approximate surface area is 332 Å². The maximum Gasteiger partial charge on any atom is 0.168 e. The lowest BCUT2D eigenvalue weighted by Crippen LogP contribution is -2.05. The van der Waals surface area contributed by atoms with E-state index in [9.17, 15) is 14.0 Å². The Kier molecular flexibility index (Phi) is 15.1. The van der Waals surface area contributed by atoms with Crippen LogP contribution in [-0.4, -0.2) is 42.6 Å². The summed E-state index contributed by atoms with van der Waals surface area (Å²) in [6.07, 6.45) is 5.40. The van der Waals surface area contributed by atoms with Gasteiger partial charge in [-0.3, -0.25) is 14.3 Å². The molecule has 2 N–H and O–H groups in total. The number of carbonyl (C=O) groups excluding carboxylic acids is 2. The summed E-state index contributed by atoms with van der Waals surface area (Å²) in [5, 5.41) is 24.9. The molecule has 0 atom stereocenters. The number of benzene rings is 4. The van der Waals surface area contributed by atoms with Crippen molar-refractivity contribution in [3.05, 3.63) is 176 Å². The second-order valence-electron chi connectivity index (χ2n) is 13.0. The van der Waals surface area contributed by atoms with Crippen LogP contribution in [0.15, 0.2) is 109 Å². The van der Waals surface area contributed by atoms with Gasteiger partial charge in [0, 0.05) is 35.5 Å². The predicted molar refractivity (Wildman–Crippen MR) is 220 cm³/mol. The van der Waals surface area contributed by atoms with Gasteiger partial charge in [-0.2, -0.15) is 10.2 Å². The number of nitrogens with zero attached hydrogens (tertiary/aromatic N) is 4. The predicted octanol–water partition coefficient (Wildman–Crippen LogP) is 10.7. The minimum Gasteiger partial charge on any atom is -0.305 e. The zero-order chi connectivity index (χ0) is 38.8. The molecular weight excluding hydrogens is 734 g/mol. The van der Waals surface area contributed by atoms with Crippen molar-refractivity contribution < 1.29 is 14.0 Å². The number of nitrogens with one attached hydrogen (secondary N) is 2. The molecule has 6 aromatic rings. The lowest BCUT2D eigenvalue weighted by molar-refractivity contribution is 0.0974. The van der Waals surface area contributed by atoms with Crippen LogP contribution in [0, 0.1) is 23.6 Å². The first kappa shape index (κ1) is 42.2. The van der Waals surface area contributed by atoms with Gasteiger partial charge in [-0.1, -0.05) is 109 Å². The minimum absolute atomic E-state index is 0. The van der Waals surface area contributed by atoms with Gasteiger partial charge in [0.05, 0.1) is 36.1 Å². The number of aryl methyl sites for hydroxylation is 3. The van der Waals surface area contributed by atoms with Gasteiger partial charge in [0.25, 0.3) is 0 Å². The van der Waals surface area contributed by atoms with E-state index in [2.05, 4.69) is 10.2 Å². The summed E-state index contributed by atoms with van der Waals surface area (Å²) in [6.45, 7) is 6.18. The fraction of sp³-hybridized carbons (Fsp3) is 0.227. The molecule has 0 aliphatic heterocycles. The van der Waals surface area contributed by atoms with Gasteiger partial charge in [0.2, 0.25) is 0 Å². The third-order valence-electron chi connectivity index (χ3n) is 8.89. The summed E-state index contributed by atoms with van der Waals surface area (Å²) in [4.78, 5) is 25.1. The summed E-state index contributed by atoms with van der Waals surface area (Å²) >= 11 is 12.6. The van der Waals surface area contributed by atoms with E-state index in [-0.39, 0.29) is 24.8 Å². The van der Waals surface area contributed by atoms with Crippen molar-refractivity contribution in [1.82, 2.24) is 19.6 Å². The van der Waals surface area contributed by atoms with Crippen molar-refractivity contribution in [2.24, 2.45) is 0 Å². The van der Waals surface area contributed by atoms with Crippen LogP contribution in [0.4, 0.5) is 4.39 Å². The van der Waals surface area contributed by atoms with Gasteiger partial charge < -0.3 is 10.8 Å². The molecular formula is C44H45Cl2FN6O2. The Morgan fingerprint density at radius 3 is 1.78 bits per heavy atom. The molecule has 8 nitrogen and oxygen atoms in total. The van der Waals surface area contributed by atoms with E-state index in [0.717, 1.165) is 33.4 Å². The first-order chi connectivity index (χ1) is 25.9. The molecule has 0 aliphatic carbocycles. The molecule has 284 valence electrons. The van der Waals surface area contributed by atoms with E-state index in [1.807, 2.05) is 72.8 Å². The molecule has 0 radical (unpaired) electrons. The topological polar surface area (TPSA) is 117 Å². The summed E-state index contributed by atoms with van der Waals surface area (Å²) < 4.78 is 16.4. The number of rotatable bonds is 14. The van der Waals surface area contributed by atoms with Gasteiger partial charge in [0.1, 0.15) is 11.0 Å². The molecule has 55 heavy (non-hydrogen) atoms. The Balaban J connectivity index is 0.000000241. The van der Waals surface area contributed by atoms with Crippen molar-refractivity contribution >= 4 is 46.2 Å². The standard InChI is InChI=1S/C22H21ClFN3O.C21H20ClN3O.CH4/c1-14(25)18-8-3-16(4-9-18)7-12-20(28)21-15(2)26-27(22(21)23)13-17-5-10-19(24)11-6-17;1-15(23)17-9-6-16(7-10-17)8-11-21(26)19-12-24-25(14-19)13-18-4-2-3-5-20(18)22;/h3-6,8-11,25H,7,12-13H2,1-2H3;2-7,9-10,12,14,23H,8,11,13H2,1H3;1H4. The zero-order valence-corrected chi connectivity index (χ0v) is 31.9. The Bertz CT molecular complexity index is 2260. The van der Waals surface area contributed by atoms with Crippen molar-refractivity contribution in [3.8, 4) is 0 Å². The number of Topliss-reactive ketones (excluding diaryl/α,β-unsaturated/α-hetero) is 2. The Hall–Kier alpha value is -5.51. The molecule has 0 saturated carbocycles.